The van der Waals surface area contributed by atoms with Crippen LogP contribution in [0.4, 0.5) is 24.9 Å². The van der Waals surface area contributed by atoms with Gasteiger partial charge in [0, 0.05) is 18.6 Å². The molecule has 0 aromatic carbocycles. The average molecular weight is 262 g/mol. The van der Waals surface area contributed by atoms with E-state index in [-0.39, 0.29) is 17.7 Å². The number of hydrogen-bond donors (Lipinski definition) is 2. The van der Waals surface area contributed by atoms with E-state index < -0.39 is 12.7 Å². The van der Waals surface area contributed by atoms with Crippen LogP contribution in [0.1, 0.15) is 18.0 Å². The molecule has 0 bridgehead atoms. The van der Waals surface area contributed by atoms with Crippen LogP contribution < -0.4 is 11.1 Å². The minimum Gasteiger partial charge on any atom is -0.381 e. The highest BCUT2D eigenvalue weighted by molar-refractivity contribution is 5.41. The first-order chi connectivity index (χ1) is 8.44. The Labute approximate surface area is 102 Å². The van der Waals surface area contributed by atoms with Crippen LogP contribution in [-0.2, 0) is 4.74 Å². The number of halogens is 3. The molecule has 1 saturated heterocycles. The Morgan fingerprint density at radius 2 is 2.22 bits per heavy atom. The van der Waals surface area contributed by atoms with Gasteiger partial charge in [0.2, 0.25) is 5.95 Å². The van der Waals surface area contributed by atoms with Gasteiger partial charge in [-0.1, -0.05) is 0 Å². The van der Waals surface area contributed by atoms with E-state index in [1.807, 2.05) is 0 Å². The zero-order valence-corrected chi connectivity index (χ0v) is 9.50. The molecule has 0 saturated carbocycles. The molecule has 0 aliphatic carbocycles. The summed E-state index contributed by atoms with van der Waals surface area (Å²) in [5.74, 6) is 0.118. The number of nitrogens with zero attached hydrogens (tertiary/aromatic N) is 2. The lowest BCUT2D eigenvalue weighted by Crippen LogP contribution is -2.22. The fourth-order valence-corrected chi connectivity index (χ4v) is 1.74. The second-order valence-corrected chi connectivity index (χ2v) is 4.07. The number of rotatable bonds is 3. The third-order valence-corrected chi connectivity index (χ3v) is 2.58. The molecule has 8 heteroatoms. The van der Waals surface area contributed by atoms with Gasteiger partial charge in [0.25, 0.3) is 0 Å². The number of nitrogen functional groups attached to an aromatic ring is 1. The standard InChI is InChI=1S/C10H13F3N4O/c11-10(12,13)5-15-8-3-7(16-9(14)17-8)6-1-2-18-4-6/h3,6H,1-2,4-5H2,(H3,14,15,16,17)/t6-/m1/s1. The molecule has 100 valence electrons. The normalized spacial score (nSPS) is 20.1. The van der Waals surface area contributed by atoms with Gasteiger partial charge in [0.1, 0.15) is 12.4 Å². The van der Waals surface area contributed by atoms with E-state index in [9.17, 15) is 13.2 Å². The summed E-state index contributed by atoms with van der Waals surface area (Å²) in [6, 6.07) is 1.49. The highest BCUT2D eigenvalue weighted by Gasteiger charge is 2.27. The van der Waals surface area contributed by atoms with Gasteiger partial charge in [-0.15, -0.1) is 0 Å². The van der Waals surface area contributed by atoms with Gasteiger partial charge >= 0.3 is 6.18 Å². The van der Waals surface area contributed by atoms with Crippen molar-refractivity contribution >= 4 is 11.8 Å². The largest absolute Gasteiger partial charge is 0.405 e. The Kier molecular flexibility index (Phi) is 3.55. The number of nitrogens with one attached hydrogen (secondary N) is 1. The summed E-state index contributed by atoms with van der Waals surface area (Å²) in [4.78, 5) is 7.75. The fourth-order valence-electron chi connectivity index (χ4n) is 1.74. The molecule has 0 amide bonds. The maximum absolute atomic E-state index is 12.1. The van der Waals surface area contributed by atoms with Crippen molar-refractivity contribution in [2.24, 2.45) is 0 Å². The second-order valence-electron chi connectivity index (χ2n) is 4.07. The maximum Gasteiger partial charge on any atom is 0.405 e. The molecule has 3 N–H and O–H groups in total. The van der Waals surface area contributed by atoms with Crippen LogP contribution in [0.25, 0.3) is 0 Å². The number of anilines is 2. The first-order valence-corrected chi connectivity index (χ1v) is 5.47. The zero-order chi connectivity index (χ0) is 13.2. The lowest BCUT2D eigenvalue weighted by Gasteiger charge is -2.12. The van der Waals surface area contributed by atoms with Crippen LogP contribution in [0, 0.1) is 0 Å². The van der Waals surface area contributed by atoms with E-state index in [4.69, 9.17) is 10.5 Å². The smallest absolute Gasteiger partial charge is 0.381 e. The molecule has 1 fully saturated rings. The van der Waals surface area contributed by atoms with Gasteiger partial charge < -0.3 is 15.8 Å². The summed E-state index contributed by atoms with van der Waals surface area (Å²) in [5, 5.41) is 2.19. The highest BCUT2D eigenvalue weighted by Crippen LogP contribution is 2.26. The number of alkyl halides is 3. The Morgan fingerprint density at radius 3 is 2.83 bits per heavy atom. The molecule has 1 aromatic rings. The molecule has 1 atom stereocenters. The van der Waals surface area contributed by atoms with Crippen molar-refractivity contribution in [2.45, 2.75) is 18.5 Å². The van der Waals surface area contributed by atoms with Crippen molar-refractivity contribution in [1.29, 1.82) is 0 Å². The van der Waals surface area contributed by atoms with Gasteiger partial charge in [0.05, 0.1) is 12.3 Å². The molecule has 0 spiro atoms. The third-order valence-electron chi connectivity index (χ3n) is 2.58. The minimum absolute atomic E-state index is 0.0379. The summed E-state index contributed by atoms with van der Waals surface area (Å²) < 4.78 is 41.5. The molecule has 2 heterocycles. The summed E-state index contributed by atoms with van der Waals surface area (Å²) in [5.41, 5.74) is 6.10. The minimum atomic E-state index is -4.30. The van der Waals surface area contributed by atoms with E-state index in [0.29, 0.717) is 18.9 Å². The summed E-state index contributed by atoms with van der Waals surface area (Å²) >= 11 is 0. The van der Waals surface area contributed by atoms with Crippen molar-refractivity contribution in [3.63, 3.8) is 0 Å². The predicted octanol–water partition coefficient (Wildman–Crippen LogP) is 1.54. The molecule has 1 aliphatic rings. The Bertz CT molecular complexity index is 418. The van der Waals surface area contributed by atoms with Crippen LogP contribution in [-0.4, -0.2) is 35.9 Å². The summed E-state index contributed by atoms with van der Waals surface area (Å²) in [7, 11) is 0. The van der Waals surface area contributed by atoms with E-state index in [1.165, 1.54) is 6.07 Å². The van der Waals surface area contributed by atoms with Crippen molar-refractivity contribution in [3.05, 3.63) is 11.8 Å². The second kappa shape index (κ2) is 4.97. The molecule has 0 radical (unpaired) electrons. The summed E-state index contributed by atoms with van der Waals surface area (Å²) in [6.07, 6.45) is -3.51. The Morgan fingerprint density at radius 1 is 1.44 bits per heavy atom. The lowest BCUT2D eigenvalue weighted by atomic mass is 10.0. The van der Waals surface area contributed by atoms with E-state index in [1.54, 1.807) is 0 Å². The monoisotopic (exact) mass is 262 g/mol. The molecule has 0 unspecified atom stereocenters. The molecular formula is C10H13F3N4O. The molecule has 1 aliphatic heterocycles. The van der Waals surface area contributed by atoms with E-state index in [0.717, 1.165) is 6.42 Å². The SMILES string of the molecule is Nc1nc(NCC(F)(F)F)cc([C@@H]2CCOC2)n1. The summed E-state index contributed by atoms with van der Waals surface area (Å²) in [6.45, 7) is -0.0148. The number of aromatic nitrogens is 2. The number of hydrogen-bond acceptors (Lipinski definition) is 5. The van der Waals surface area contributed by atoms with E-state index >= 15 is 0 Å². The van der Waals surface area contributed by atoms with Crippen molar-refractivity contribution in [2.75, 3.05) is 30.8 Å². The number of ether oxygens (including phenoxy) is 1. The van der Waals surface area contributed by atoms with Crippen LogP contribution in [0.15, 0.2) is 6.07 Å². The molecule has 18 heavy (non-hydrogen) atoms. The highest BCUT2D eigenvalue weighted by atomic mass is 19.4. The molecule has 5 nitrogen and oxygen atoms in total. The molecular weight excluding hydrogens is 249 g/mol. The van der Waals surface area contributed by atoms with Gasteiger partial charge in [-0.25, -0.2) is 4.98 Å². The van der Waals surface area contributed by atoms with Gasteiger partial charge in [0.15, 0.2) is 0 Å². The Hall–Kier alpha value is -1.57. The first-order valence-electron chi connectivity index (χ1n) is 5.47. The third kappa shape index (κ3) is 3.46. The Balaban J connectivity index is 2.10. The van der Waals surface area contributed by atoms with Crippen molar-refractivity contribution in [3.8, 4) is 0 Å². The predicted molar refractivity (Wildman–Crippen MR) is 59.2 cm³/mol. The molecule has 1 aromatic heterocycles. The quantitative estimate of drug-likeness (QED) is 0.864. The average Bonchev–Trinajstić information content (AvgIpc) is 2.78. The topological polar surface area (TPSA) is 73.1 Å². The maximum atomic E-state index is 12.1. The van der Waals surface area contributed by atoms with Crippen LogP contribution in [0.5, 0.6) is 0 Å². The van der Waals surface area contributed by atoms with Crippen molar-refractivity contribution < 1.29 is 17.9 Å². The first kappa shape index (κ1) is 12.9. The van der Waals surface area contributed by atoms with E-state index in [2.05, 4.69) is 15.3 Å². The fraction of sp³-hybridized carbons (Fsp3) is 0.600. The van der Waals surface area contributed by atoms with Gasteiger partial charge in [-0.05, 0) is 6.42 Å². The zero-order valence-electron chi connectivity index (χ0n) is 9.50. The van der Waals surface area contributed by atoms with Crippen LogP contribution in [0.2, 0.25) is 0 Å². The van der Waals surface area contributed by atoms with Gasteiger partial charge in [-0.2, -0.15) is 18.2 Å². The molecule has 2 rings (SSSR count). The van der Waals surface area contributed by atoms with Crippen LogP contribution in [0.3, 0.4) is 0 Å². The van der Waals surface area contributed by atoms with Gasteiger partial charge in [-0.3, -0.25) is 0 Å². The lowest BCUT2D eigenvalue weighted by molar-refractivity contribution is -0.115. The van der Waals surface area contributed by atoms with Crippen molar-refractivity contribution in [1.82, 2.24) is 9.97 Å². The van der Waals surface area contributed by atoms with Crippen LogP contribution >= 0.6 is 0 Å². The number of nitrogens with two attached hydrogens (primary N) is 1.